The highest BCUT2D eigenvalue weighted by Crippen LogP contribution is 2.15. The van der Waals surface area contributed by atoms with E-state index in [1.165, 1.54) is 16.7 Å². The van der Waals surface area contributed by atoms with Gasteiger partial charge >= 0.3 is 0 Å². The molecule has 0 bridgehead atoms. The lowest BCUT2D eigenvalue weighted by Crippen LogP contribution is -2.13. The van der Waals surface area contributed by atoms with Crippen LogP contribution in [0.4, 0.5) is 0 Å². The quantitative estimate of drug-likeness (QED) is 0.880. The molecule has 2 N–H and O–H groups in total. The van der Waals surface area contributed by atoms with Gasteiger partial charge in [0.2, 0.25) is 0 Å². The highest BCUT2D eigenvalue weighted by molar-refractivity contribution is 5.85. The average Bonchev–Trinajstić information content (AvgIpc) is 2.33. The van der Waals surface area contributed by atoms with Gasteiger partial charge in [-0.25, -0.2) is 0 Å². The molecule has 0 aliphatic carbocycles. The number of rotatable bonds is 3. The van der Waals surface area contributed by atoms with Crippen molar-refractivity contribution in [3.05, 3.63) is 71.3 Å². The van der Waals surface area contributed by atoms with Crippen LogP contribution in [0.2, 0.25) is 0 Å². The summed E-state index contributed by atoms with van der Waals surface area (Å²) in [6.45, 7) is 2.10. The summed E-state index contributed by atoms with van der Waals surface area (Å²) in [4.78, 5) is 0. The number of nitrogens with two attached hydrogens (primary N) is 1. The van der Waals surface area contributed by atoms with Gasteiger partial charge in [-0.1, -0.05) is 60.2 Å². The van der Waals surface area contributed by atoms with Crippen molar-refractivity contribution in [2.24, 2.45) is 5.73 Å². The molecule has 0 aliphatic rings. The Labute approximate surface area is 109 Å². The summed E-state index contributed by atoms with van der Waals surface area (Å²) < 4.78 is 0. The molecule has 0 aliphatic heterocycles. The lowest BCUT2D eigenvalue weighted by molar-refractivity contribution is 0.722. The molecule has 2 rings (SSSR count). The molecule has 0 aromatic heterocycles. The molecule has 1 nitrogen and oxygen atoms in total. The Morgan fingerprint density at radius 2 is 1.53 bits per heavy atom. The molecule has 0 amide bonds. The molecule has 0 radical (unpaired) electrons. The number of hydrogen-bond donors (Lipinski definition) is 1. The van der Waals surface area contributed by atoms with Gasteiger partial charge in [-0.2, -0.15) is 0 Å². The van der Waals surface area contributed by atoms with Crippen LogP contribution in [0.25, 0.3) is 0 Å². The number of aryl methyl sites for hydroxylation is 1. The topological polar surface area (TPSA) is 26.0 Å². The van der Waals surface area contributed by atoms with E-state index in [1.54, 1.807) is 0 Å². The number of benzene rings is 2. The fourth-order valence-corrected chi connectivity index (χ4v) is 1.80. The van der Waals surface area contributed by atoms with Gasteiger partial charge in [0.1, 0.15) is 0 Å². The van der Waals surface area contributed by atoms with Gasteiger partial charge in [-0.05, 0) is 24.5 Å². The van der Waals surface area contributed by atoms with E-state index in [4.69, 9.17) is 5.73 Å². The van der Waals surface area contributed by atoms with Crippen molar-refractivity contribution in [3.8, 4) is 0 Å². The summed E-state index contributed by atoms with van der Waals surface area (Å²) >= 11 is 0. The monoisotopic (exact) mass is 247 g/mol. The Morgan fingerprint density at radius 1 is 0.941 bits per heavy atom. The largest absolute Gasteiger partial charge is 0.324 e. The Morgan fingerprint density at radius 3 is 2.12 bits per heavy atom. The SMILES string of the molecule is Cc1ccc(CC(N)c2ccccc2)cc1.Cl. The van der Waals surface area contributed by atoms with Crippen molar-refractivity contribution in [3.63, 3.8) is 0 Å². The van der Waals surface area contributed by atoms with Crippen LogP contribution in [0, 0.1) is 6.92 Å². The van der Waals surface area contributed by atoms with Gasteiger partial charge in [-0.3, -0.25) is 0 Å². The average molecular weight is 248 g/mol. The third-order valence-electron chi connectivity index (χ3n) is 2.80. The molecule has 17 heavy (non-hydrogen) atoms. The Bertz CT molecular complexity index is 436. The fourth-order valence-electron chi connectivity index (χ4n) is 1.80. The van der Waals surface area contributed by atoms with E-state index < -0.39 is 0 Å². The maximum absolute atomic E-state index is 6.17. The van der Waals surface area contributed by atoms with Crippen molar-refractivity contribution < 1.29 is 0 Å². The molecule has 0 saturated heterocycles. The molecule has 2 aromatic carbocycles. The zero-order valence-electron chi connectivity index (χ0n) is 9.97. The first kappa shape index (κ1) is 13.8. The smallest absolute Gasteiger partial charge is 0.0335 e. The Balaban J connectivity index is 0.00000144. The van der Waals surface area contributed by atoms with Crippen molar-refractivity contribution in [2.75, 3.05) is 0 Å². The third-order valence-corrected chi connectivity index (χ3v) is 2.80. The van der Waals surface area contributed by atoms with Gasteiger partial charge < -0.3 is 5.73 Å². The lowest BCUT2D eigenvalue weighted by atomic mass is 9.99. The maximum Gasteiger partial charge on any atom is 0.0335 e. The van der Waals surface area contributed by atoms with E-state index in [0.29, 0.717) is 0 Å². The van der Waals surface area contributed by atoms with Crippen molar-refractivity contribution in [1.82, 2.24) is 0 Å². The third kappa shape index (κ3) is 3.88. The Kier molecular flexibility index (Phi) is 5.20. The second-order valence-corrected chi connectivity index (χ2v) is 4.21. The van der Waals surface area contributed by atoms with Crippen LogP contribution in [-0.2, 0) is 6.42 Å². The van der Waals surface area contributed by atoms with Crippen LogP contribution in [-0.4, -0.2) is 0 Å². The summed E-state index contributed by atoms with van der Waals surface area (Å²) in [5.74, 6) is 0. The lowest BCUT2D eigenvalue weighted by Gasteiger charge is -2.12. The second kappa shape index (κ2) is 6.43. The minimum Gasteiger partial charge on any atom is -0.324 e. The summed E-state index contributed by atoms with van der Waals surface area (Å²) in [5, 5.41) is 0. The van der Waals surface area contributed by atoms with Crippen molar-refractivity contribution >= 4 is 12.4 Å². The van der Waals surface area contributed by atoms with E-state index in [9.17, 15) is 0 Å². The molecular formula is C15H18ClN. The summed E-state index contributed by atoms with van der Waals surface area (Å²) in [6, 6.07) is 18.9. The van der Waals surface area contributed by atoms with Crippen LogP contribution in [0.15, 0.2) is 54.6 Å². The van der Waals surface area contributed by atoms with E-state index >= 15 is 0 Å². The predicted octanol–water partition coefficient (Wildman–Crippen LogP) is 3.66. The van der Waals surface area contributed by atoms with Crippen LogP contribution in [0.3, 0.4) is 0 Å². The summed E-state index contributed by atoms with van der Waals surface area (Å²) in [6.07, 6.45) is 0.893. The summed E-state index contributed by atoms with van der Waals surface area (Å²) in [5.41, 5.74) is 9.94. The molecule has 0 spiro atoms. The standard InChI is InChI=1S/C15H17N.ClH/c1-12-7-9-13(10-8-12)11-15(16)14-5-3-2-4-6-14;/h2-10,15H,11,16H2,1H3;1H. The first-order valence-electron chi connectivity index (χ1n) is 5.62. The summed E-state index contributed by atoms with van der Waals surface area (Å²) in [7, 11) is 0. The molecule has 2 heteroatoms. The molecule has 0 saturated carbocycles. The van der Waals surface area contributed by atoms with E-state index in [1.807, 2.05) is 18.2 Å². The predicted molar refractivity (Wildman–Crippen MR) is 75.5 cm³/mol. The van der Waals surface area contributed by atoms with Gasteiger partial charge in [0.25, 0.3) is 0 Å². The van der Waals surface area contributed by atoms with Gasteiger partial charge in [0.05, 0.1) is 0 Å². The zero-order chi connectivity index (χ0) is 11.4. The van der Waals surface area contributed by atoms with Crippen LogP contribution >= 0.6 is 12.4 Å². The molecular weight excluding hydrogens is 230 g/mol. The molecule has 0 fully saturated rings. The number of halogens is 1. The normalized spacial score (nSPS) is 11.6. The van der Waals surface area contributed by atoms with E-state index in [2.05, 4.69) is 43.3 Å². The van der Waals surface area contributed by atoms with Crippen LogP contribution in [0.5, 0.6) is 0 Å². The first-order chi connectivity index (χ1) is 7.75. The van der Waals surface area contributed by atoms with E-state index in [-0.39, 0.29) is 18.4 Å². The number of hydrogen-bond acceptors (Lipinski definition) is 1. The molecule has 2 aromatic rings. The first-order valence-corrected chi connectivity index (χ1v) is 5.62. The van der Waals surface area contributed by atoms with Gasteiger partial charge in [0, 0.05) is 6.04 Å². The van der Waals surface area contributed by atoms with E-state index in [0.717, 1.165) is 6.42 Å². The fraction of sp³-hybridized carbons (Fsp3) is 0.200. The Hall–Kier alpha value is -1.31. The molecule has 90 valence electrons. The van der Waals surface area contributed by atoms with Gasteiger partial charge in [0.15, 0.2) is 0 Å². The molecule has 1 unspecified atom stereocenters. The minimum atomic E-state index is 0. The van der Waals surface area contributed by atoms with Crippen molar-refractivity contribution in [1.29, 1.82) is 0 Å². The second-order valence-electron chi connectivity index (χ2n) is 4.21. The van der Waals surface area contributed by atoms with Crippen LogP contribution in [0.1, 0.15) is 22.7 Å². The highest BCUT2D eigenvalue weighted by atomic mass is 35.5. The van der Waals surface area contributed by atoms with Crippen LogP contribution < -0.4 is 5.73 Å². The molecule has 0 heterocycles. The maximum atomic E-state index is 6.17. The van der Waals surface area contributed by atoms with Gasteiger partial charge in [-0.15, -0.1) is 12.4 Å². The minimum absolute atomic E-state index is 0. The van der Waals surface area contributed by atoms with Crippen molar-refractivity contribution in [2.45, 2.75) is 19.4 Å². The molecule has 1 atom stereocenters. The highest BCUT2D eigenvalue weighted by Gasteiger charge is 2.05. The zero-order valence-corrected chi connectivity index (χ0v) is 10.8.